The van der Waals surface area contributed by atoms with E-state index in [0.29, 0.717) is 13.2 Å². The molecule has 4 rings (SSSR count). The third-order valence-corrected chi connectivity index (χ3v) is 6.25. The van der Waals surface area contributed by atoms with Crippen LogP contribution in [-0.4, -0.2) is 61.1 Å². The van der Waals surface area contributed by atoms with E-state index in [-0.39, 0.29) is 11.9 Å². The molecule has 0 radical (unpaired) electrons. The van der Waals surface area contributed by atoms with Gasteiger partial charge in [-0.2, -0.15) is 0 Å². The average Bonchev–Trinajstić information content (AvgIpc) is 3.07. The van der Waals surface area contributed by atoms with Gasteiger partial charge in [0.25, 0.3) is 0 Å². The Hall–Kier alpha value is -2.08. The SMILES string of the molecule is CCOc1ccc(Cl)cc1CN1CCN(CC(=O)N2c3ccccc3C[C@H]2C)CC1. The van der Waals surface area contributed by atoms with Gasteiger partial charge in [0.05, 0.1) is 13.2 Å². The molecule has 2 heterocycles. The number of rotatable bonds is 6. The molecule has 2 aromatic rings. The quantitative estimate of drug-likeness (QED) is 0.701. The smallest absolute Gasteiger partial charge is 0.241 e. The van der Waals surface area contributed by atoms with Gasteiger partial charge in [0.1, 0.15) is 5.75 Å². The van der Waals surface area contributed by atoms with E-state index < -0.39 is 0 Å². The predicted octanol–water partition coefficient (Wildman–Crippen LogP) is 3.83. The first-order valence-corrected chi connectivity index (χ1v) is 11.2. The van der Waals surface area contributed by atoms with Crippen molar-refractivity contribution < 1.29 is 9.53 Å². The van der Waals surface area contributed by atoms with Crippen LogP contribution in [-0.2, 0) is 17.8 Å². The summed E-state index contributed by atoms with van der Waals surface area (Å²) in [4.78, 5) is 19.7. The molecule has 2 aliphatic rings. The maximum Gasteiger partial charge on any atom is 0.241 e. The van der Waals surface area contributed by atoms with Crippen LogP contribution in [0.5, 0.6) is 5.75 Å². The zero-order valence-electron chi connectivity index (χ0n) is 17.8. The summed E-state index contributed by atoms with van der Waals surface area (Å²) in [5.74, 6) is 1.11. The summed E-state index contributed by atoms with van der Waals surface area (Å²) in [7, 11) is 0. The first-order chi connectivity index (χ1) is 14.5. The number of hydrogen-bond acceptors (Lipinski definition) is 4. The average molecular weight is 428 g/mol. The number of carbonyl (C=O) groups is 1. The van der Waals surface area contributed by atoms with Crippen LogP contribution in [0.4, 0.5) is 5.69 Å². The minimum Gasteiger partial charge on any atom is -0.494 e. The van der Waals surface area contributed by atoms with Gasteiger partial charge in [-0.25, -0.2) is 0 Å². The van der Waals surface area contributed by atoms with Crippen molar-refractivity contribution in [3.8, 4) is 5.75 Å². The van der Waals surface area contributed by atoms with Crippen LogP contribution in [0.2, 0.25) is 5.02 Å². The number of carbonyl (C=O) groups excluding carboxylic acids is 1. The lowest BCUT2D eigenvalue weighted by Crippen LogP contribution is -2.50. The number of piperazine rings is 1. The van der Waals surface area contributed by atoms with E-state index >= 15 is 0 Å². The molecule has 6 heteroatoms. The van der Waals surface area contributed by atoms with Crippen molar-refractivity contribution in [1.82, 2.24) is 9.80 Å². The highest BCUT2D eigenvalue weighted by Gasteiger charge is 2.31. The van der Waals surface area contributed by atoms with Gasteiger partial charge in [-0.3, -0.25) is 14.6 Å². The summed E-state index contributed by atoms with van der Waals surface area (Å²) in [6.07, 6.45) is 0.942. The zero-order chi connectivity index (χ0) is 21.1. The number of ether oxygens (including phenoxy) is 1. The molecule has 1 atom stereocenters. The van der Waals surface area contributed by atoms with Crippen molar-refractivity contribution in [3.05, 3.63) is 58.6 Å². The fourth-order valence-electron chi connectivity index (χ4n) is 4.53. The van der Waals surface area contributed by atoms with E-state index in [0.717, 1.165) is 61.2 Å². The standard InChI is InChI=1S/C24H30ClN3O2/c1-3-30-23-9-8-21(25)15-20(23)16-26-10-12-27(13-11-26)17-24(29)28-18(2)14-19-6-4-5-7-22(19)28/h4-9,15,18H,3,10-14,16-17H2,1-2H3/t18-/m1/s1. The number of amides is 1. The Morgan fingerprint density at radius 1 is 1.10 bits per heavy atom. The molecule has 1 amide bonds. The van der Waals surface area contributed by atoms with Crippen molar-refractivity contribution >= 4 is 23.2 Å². The van der Waals surface area contributed by atoms with Gasteiger partial charge in [-0.05, 0) is 50.1 Å². The Balaban J connectivity index is 1.32. The molecule has 1 saturated heterocycles. The molecule has 0 aromatic heterocycles. The van der Waals surface area contributed by atoms with E-state index in [2.05, 4.69) is 34.9 Å². The van der Waals surface area contributed by atoms with Crippen LogP contribution in [0.25, 0.3) is 0 Å². The minimum absolute atomic E-state index is 0.203. The molecular weight excluding hydrogens is 398 g/mol. The Morgan fingerprint density at radius 3 is 2.60 bits per heavy atom. The molecule has 160 valence electrons. The van der Waals surface area contributed by atoms with Crippen LogP contribution < -0.4 is 9.64 Å². The molecule has 0 bridgehead atoms. The van der Waals surface area contributed by atoms with E-state index in [4.69, 9.17) is 16.3 Å². The van der Waals surface area contributed by atoms with Gasteiger partial charge >= 0.3 is 0 Å². The van der Waals surface area contributed by atoms with Gasteiger partial charge < -0.3 is 9.64 Å². The molecular formula is C24H30ClN3O2. The highest BCUT2D eigenvalue weighted by atomic mass is 35.5. The van der Waals surface area contributed by atoms with Gasteiger partial charge in [0, 0.05) is 55.0 Å². The van der Waals surface area contributed by atoms with Crippen LogP contribution in [0.3, 0.4) is 0 Å². The maximum absolute atomic E-state index is 13.1. The lowest BCUT2D eigenvalue weighted by Gasteiger charge is -2.35. The highest BCUT2D eigenvalue weighted by Crippen LogP contribution is 2.32. The van der Waals surface area contributed by atoms with Crippen molar-refractivity contribution in [2.75, 3.05) is 44.2 Å². The Bertz CT molecular complexity index is 896. The van der Waals surface area contributed by atoms with Crippen LogP contribution >= 0.6 is 11.6 Å². The number of para-hydroxylation sites is 1. The third kappa shape index (κ3) is 4.64. The number of halogens is 1. The number of anilines is 1. The predicted molar refractivity (Wildman–Crippen MR) is 121 cm³/mol. The van der Waals surface area contributed by atoms with E-state index in [1.165, 1.54) is 5.56 Å². The number of hydrogen-bond donors (Lipinski definition) is 0. The summed E-state index contributed by atoms with van der Waals surface area (Å²) in [5, 5.41) is 0.734. The summed E-state index contributed by atoms with van der Waals surface area (Å²) in [5.41, 5.74) is 3.48. The van der Waals surface area contributed by atoms with Gasteiger partial charge in [-0.1, -0.05) is 29.8 Å². The topological polar surface area (TPSA) is 36.0 Å². The number of nitrogens with zero attached hydrogens (tertiary/aromatic N) is 3. The molecule has 0 unspecified atom stereocenters. The number of fused-ring (bicyclic) bond motifs is 1. The van der Waals surface area contributed by atoms with Gasteiger partial charge in [0.15, 0.2) is 0 Å². The van der Waals surface area contributed by atoms with E-state index in [9.17, 15) is 4.79 Å². The van der Waals surface area contributed by atoms with E-state index in [1.807, 2.05) is 36.1 Å². The molecule has 0 spiro atoms. The molecule has 2 aromatic carbocycles. The summed E-state index contributed by atoms with van der Waals surface area (Å²) in [6.45, 7) is 9.70. The zero-order valence-corrected chi connectivity index (χ0v) is 18.6. The first kappa shape index (κ1) is 21.2. The van der Waals surface area contributed by atoms with Crippen LogP contribution in [0, 0.1) is 0 Å². The van der Waals surface area contributed by atoms with Crippen LogP contribution in [0.15, 0.2) is 42.5 Å². The fourth-order valence-corrected chi connectivity index (χ4v) is 4.72. The molecule has 2 aliphatic heterocycles. The molecule has 0 saturated carbocycles. The van der Waals surface area contributed by atoms with Crippen molar-refractivity contribution in [1.29, 1.82) is 0 Å². The second-order valence-electron chi connectivity index (χ2n) is 8.18. The molecule has 0 aliphatic carbocycles. The lowest BCUT2D eigenvalue weighted by molar-refractivity contribution is -0.120. The molecule has 5 nitrogen and oxygen atoms in total. The van der Waals surface area contributed by atoms with Crippen molar-refractivity contribution in [2.45, 2.75) is 32.9 Å². The molecule has 0 N–H and O–H groups in total. The minimum atomic E-state index is 0.203. The Morgan fingerprint density at radius 2 is 1.83 bits per heavy atom. The van der Waals surface area contributed by atoms with Gasteiger partial charge in [-0.15, -0.1) is 0 Å². The third-order valence-electron chi connectivity index (χ3n) is 6.02. The maximum atomic E-state index is 13.1. The summed E-state index contributed by atoms with van der Waals surface area (Å²) < 4.78 is 5.76. The summed E-state index contributed by atoms with van der Waals surface area (Å²) in [6, 6.07) is 14.3. The lowest BCUT2D eigenvalue weighted by atomic mass is 10.1. The Labute approximate surface area is 184 Å². The second kappa shape index (κ2) is 9.38. The molecule has 30 heavy (non-hydrogen) atoms. The van der Waals surface area contributed by atoms with E-state index in [1.54, 1.807) is 0 Å². The highest BCUT2D eigenvalue weighted by molar-refractivity contribution is 6.30. The largest absolute Gasteiger partial charge is 0.494 e. The Kier molecular flexibility index (Phi) is 6.61. The van der Waals surface area contributed by atoms with Crippen molar-refractivity contribution in [2.24, 2.45) is 0 Å². The van der Waals surface area contributed by atoms with Crippen LogP contribution in [0.1, 0.15) is 25.0 Å². The van der Waals surface area contributed by atoms with Gasteiger partial charge in [0.2, 0.25) is 5.91 Å². The normalized spacial score (nSPS) is 19.7. The number of benzene rings is 2. The first-order valence-electron chi connectivity index (χ1n) is 10.8. The fraction of sp³-hybridized carbons (Fsp3) is 0.458. The van der Waals surface area contributed by atoms with Crippen molar-refractivity contribution in [3.63, 3.8) is 0 Å². The summed E-state index contributed by atoms with van der Waals surface area (Å²) >= 11 is 6.20. The molecule has 1 fully saturated rings. The second-order valence-corrected chi connectivity index (χ2v) is 8.62. The monoisotopic (exact) mass is 427 g/mol.